The standard InChI is InChI=1S/C6H6N2O3S/c9-12-10-7-8(11-12)6-4-2-1-3-5-6/h1-5,7H. The van der Waals surface area contributed by atoms with Gasteiger partial charge in [-0.3, -0.25) is 0 Å². The van der Waals surface area contributed by atoms with E-state index < -0.39 is 11.4 Å². The molecule has 0 bridgehead atoms. The van der Waals surface area contributed by atoms with E-state index in [-0.39, 0.29) is 0 Å². The lowest BCUT2D eigenvalue weighted by Crippen LogP contribution is -2.28. The van der Waals surface area contributed by atoms with Gasteiger partial charge in [-0.25, -0.2) is 0 Å². The molecule has 2 rings (SSSR count). The highest BCUT2D eigenvalue weighted by Crippen LogP contribution is 2.15. The van der Waals surface area contributed by atoms with Crippen LogP contribution in [0.1, 0.15) is 0 Å². The van der Waals surface area contributed by atoms with E-state index in [1.807, 2.05) is 18.2 Å². The van der Waals surface area contributed by atoms with Gasteiger partial charge in [-0.05, 0) is 12.1 Å². The SMILES string of the molecule is O=S1ONN(c2ccccc2)O1. The van der Waals surface area contributed by atoms with E-state index in [1.165, 1.54) is 5.17 Å². The summed E-state index contributed by atoms with van der Waals surface area (Å²) in [6, 6.07) is 9.12. The molecular weight excluding hydrogens is 180 g/mol. The molecule has 1 N–H and O–H groups in total. The highest BCUT2D eigenvalue weighted by molar-refractivity contribution is 7.75. The van der Waals surface area contributed by atoms with Crippen LogP contribution in [0.4, 0.5) is 5.69 Å². The van der Waals surface area contributed by atoms with Gasteiger partial charge in [0.25, 0.3) is 0 Å². The second-order valence-electron chi connectivity index (χ2n) is 2.08. The van der Waals surface area contributed by atoms with Gasteiger partial charge in [-0.15, -0.1) is 9.46 Å². The van der Waals surface area contributed by atoms with Crippen molar-refractivity contribution in [2.24, 2.45) is 0 Å². The fourth-order valence-electron chi connectivity index (χ4n) is 0.815. The Labute approximate surface area is 71.6 Å². The molecule has 0 spiro atoms. The summed E-state index contributed by atoms with van der Waals surface area (Å²) in [6.07, 6.45) is 0. The summed E-state index contributed by atoms with van der Waals surface area (Å²) >= 11 is -1.74. The number of para-hydroxylation sites is 1. The lowest BCUT2D eigenvalue weighted by molar-refractivity contribution is 0.199. The average Bonchev–Trinajstić information content (AvgIpc) is 2.54. The van der Waals surface area contributed by atoms with Crippen LogP contribution in [-0.4, -0.2) is 4.21 Å². The summed E-state index contributed by atoms with van der Waals surface area (Å²) in [6.45, 7) is 0. The molecule has 64 valence electrons. The van der Waals surface area contributed by atoms with Gasteiger partial charge in [-0.2, -0.15) is 8.49 Å². The van der Waals surface area contributed by atoms with Gasteiger partial charge in [0.2, 0.25) is 0 Å². The molecule has 0 radical (unpaired) electrons. The Morgan fingerprint density at radius 3 is 2.67 bits per heavy atom. The van der Waals surface area contributed by atoms with Crippen LogP contribution in [-0.2, 0) is 19.9 Å². The molecule has 5 nitrogen and oxygen atoms in total. The third-order valence-electron chi connectivity index (χ3n) is 1.31. The van der Waals surface area contributed by atoms with Crippen molar-refractivity contribution in [3.8, 4) is 0 Å². The second kappa shape index (κ2) is 3.20. The van der Waals surface area contributed by atoms with E-state index in [1.54, 1.807) is 12.1 Å². The molecule has 6 heteroatoms. The van der Waals surface area contributed by atoms with Crippen molar-refractivity contribution in [3.05, 3.63) is 30.3 Å². The van der Waals surface area contributed by atoms with E-state index in [9.17, 15) is 4.21 Å². The molecule has 1 aliphatic heterocycles. The molecular formula is C6H6N2O3S. The Hall–Kier alpha value is -0.950. The molecule has 1 aliphatic rings. The van der Waals surface area contributed by atoms with Crippen molar-refractivity contribution in [1.29, 1.82) is 0 Å². The smallest absolute Gasteiger partial charge is 0.193 e. The third-order valence-corrected chi connectivity index (χ3v) is 1.80. The van der Waals surface area contributed by atoms with Gasteiger partial charge in [0.1, 0.15) is 0 Å². The lowest BCUT2D eigenvalue weighted by Gasteiger charge is -2.09. The highest BCUT2D eigenvalue weighted by Gasteiger charge is 2.20. The summed E-state index contributed by atoms with van der Waals surface area (Å²) in [5, 5.41) is 1.19. The normalized spacial score (nSPS) is 23.0. The number of benzene rings is 1. The molecule has 0 aliphatic carbocycles. The van der Waals surface area contributed by atoms with E-state index in [2.05, 4.69) is 9.87 Å². The Balaban J connectivity index is 2.16. The maximum absolute atomic E-state index is 10.6. The minimum Gasteiger partial charge on any atom is -0.193 e. The molecule has 1 heterocycles. The summed E-state index contributed by atoms with van der Waals surface area (Å²) in [4.78, 5) is 0. The van der Waals surface area contributed by atoms with Crippen molar-refractivity contribution in [2.75, 3.05) is 5.17 Å². The van der Waals surface area contributed by atoms with Crippen LogP contribution in [0, 0.1) is 0 Å². The fraction of sp³-hybridized carbons (Fsp3) is 0. The maximum Gasteiger partial charge on any atom is 0.348 e. The number of nitrogens with zero attached hydrogens (tertiary/aromatic N) is 1. The van der Waals surface area contributed by atoms with Crippen LogP contribution in [0.5, 0.6) is 0 Å². The quantitative estimate of drug-likeness (QED) is 0.690. The summed E-state index contributed by atoms with van der Waals surface area (Å²) in [5.41, 5.74) is 3.06. The van der Waals surface area contributed by atoms with Gasteiger partial charge in [0.15, 0.2) is 0 Å². The van der Waals surface area contributed by atoms with Crippen LogP contribution in [0.15, 0.2) is 30.3 Å². The zero-order chi connectivity index (χ0) is 8.39. The van der Waals surface area contributed by atoms with Gasteiger partial charge in [0, 0.05) is 0 Å². The number of hydrogen-bond donors (Lipinski definition) is 1. The van der Waals surface area contributed by atoms with Crippen LogP contribution in [0.3, 0.4) is 0 Å². The van der Waals surface area contributed by atoms with Crippen LogP contribution in [0.25, 0.3) is 0 Å². The van der Waals surface area contributed by atoms with Gasteiger partial charge >= 0.3 is 11.4 Å². The second-order valence-corrected chi connectivity index (χ2v) is 2.81. The lowest BCUT2D eigenvalue weighted by atomic mass is 10.3. The van der Waals surface area contributed by atoms with Crippen molar-refractivity contribution >= 4 is 17.0 Å². The molecule has 0 aromatic heterocycles. The molecule has 12 heavy (non-hydrogen) atoms. The third kappa shape index (κ3) is 1.46. The number of hydrogen-bond acceptors (Lipinski definition) is 5. The van der Waals surface area contributed by atoms with Crippen molar-refractivity contribution < 1.29 is 12.8 Å². The predicted octanol–water partition coefficient (Wildman–Crippen LogP) is 0.453. The summed E-state index contributed by atoms with van der Waals surface area (Å²) in [7, 11) is 0. The largest absolute Gasteiger partial charge is 0.348 e. The first-order valence-electron chi connectivity index (χ1n) is 3.24. The Morgan fingerprint density at radius 1 is 1.33 bits per heavy atom. The van der Waals surface area contributed by atoms with Crippen molar-refractivity contribution in [1.82, 2.24) is 5.59 Å². The predicted molar refractivity (Wildman–Crippen MR) is 42.4 cm³/mol. The summed E-state index contributed by atoms with van der Waals surface area (Å²) < 4.78 is 19.8. The topological polar surface area (TPSA) is 50.8 Å². The first-order chi connectivity index (χ1) is 5.86. The minimum absolute atomic E-state index is 0.725. The summed E-state index contributed by atoms with van der Waals surface area (Å²) in [5.74, 6) is 0. The molecule has 0 saturated carbocycles. The molecule has 1 aromatic rings. The number of anilines is 1. The molecule has 1 unspecified atom stereocenters. The maximum atomic E-state index is 10.6. The Bertz CT molecular complexity index is 292. The Morgan fingerprint density at radius 2 is 2.08 bits per heavy atom. The monoisotopic (exact) mass is 186 g/mol. The molecule has 1 atom stereocenters. The molecule has 1 saturated heterocycles. The first-order valence-corrected chi connectivity index (χ1v) is 4.24. The minimum atomic E-state index is -1.74. The highest BCUT2D eigenvalue weighted by atomic mass is 32.2. The Kier molecular flexibility index (Phi) is 2.05. The molecule has 0 amide bonds. The molecule has 1 fully saturated rings. The van der Waals surface area contributed by atoms with E-state index in [4.69, 9.17) is 4.28 Å². The van der Waals surface area contributed by atoms with Gasteiger partial charge < -0.3 is 0 Å². The van der Waals surface area contributed by atoms with Crippen LogP contribution in [0.2, 0.25) is 0 Å². The van der Waals surface area contributed by atoms with Gasteiger partial charge in [0.05, 0.1) is 5.69 Å². The van der Waals surface area contributed by atoms with Crippen LogP contribution >= 0.6 is 0 Å². The van der Waals surface area contributed by atoms with E-state index in [0.29, 0.717) is 0 Å². The van der Waals surface area contributed by atoms with Gasteiger partial charge in [-0.1, -0.05) is 23.8 Å². The zero-order valence-corrected chi connectivity index (χ0v) is 6.78. The number of rotatable bonds is 1. The van der Waals surface area contributed by atoms with E-state index >= 15 is 0 Å². The van der Waals surface area contributed by atoms with E-state index in [0.717, 1.165) is 5.69 Å². The number of hydrazine groups is 1. The first kappa shape index (κ1) is 7.69. The molecule has 1 aromatic carbocycles. The zero-order valence-electron chi connectivity index (χ0n) is 5.97. The van der Waals surface area contributed by atoms with Crippen molar-refractivity contribution in [2.45, 2.75) is 0 Å². The number of nitrogens with one attached hydrogen (secondary N) is 1. The van der Waals surface area contributed by atoms with Crippen LogP contribution < -0.4 is 10.8 Å². The average molecular weight is 186 g/mol. The van der Waals surface area contributed by atoms with Crippen molar-refractivity contribution in [3.63, 3.8) is 0 Å². The fourth-order valence-corrected chi connectivity index (χ4v) is 1.21.